The molecule has 1 aliphatic rings. The van der Waals surface area contributed by atoms with Gasteiger partial charge in [0, 0.05) is 37.6 Å². The zero-order valence-electron chi connectivity index (χ0n) is 15.4. The SMILES string of the molecule is COc1ccc(C2(CNC(=O)c3cn4ccccc4n3)CCOCC2)cc1. The molecule has 0 atom stereocenters. The van der Waals surface area contributed by atoms with Crippen molar-refractivity contribution >= 4 is 11.6 Å². The number of nitrogens with one attached hydrogen (secondary N) is 1. The van der Waals surface area contributed by atoms with Crippen LogP contribution in [0.1, 0.15) is 28.9 Å². The third-order valence-corrected chi connectivity index (χ3v) is 5.34. The maximum atomic E-state index is 12.7. The standard InChI is InChI=1S/C21H23N3O3/c1-26-17-7-5-16(6-8-17)21(9-12-27-13-10-21)15-22-20(25)18-14-24-11-3-2-4-19(24)23-18/h2-8,11,14H,9-10,12-13,15H2,1H3,(H,22,25). The average molecular weight is 365 g/mol. The minimum absolute atomic E-state index is 0.140. The molecule has 1 aliphatic heterocycles. The van der Waals surface area contributed by atoms with E-state index in [1.165, 1.54) is 5.56 Å². The third-order valence-electron chi connectivity index (χ3n) is 5.34. The molecule has 6 heteroatoms. The van der Waals surface area contributed by atoms with Gasteiger partial charge in [0.2, 0.25) is 0 Å². The summed E-state index contributed by atoms with van der Waals surface area (Å²) in [6.07, 6.45) is 5.38. The van der Waals surface area contributed by atoms with Crippen LogP contribution >= 0.6 is 0 Å². The first kappa shape index (κ1) is 17.5. The molecule has 140 valence electrons. The molecule has 0 saturated carbocycles. The number of amides is 1. The van der Waals surface area contributed by atoms with Gasteiger partial charge in [0.1, 0.15) is 17.1 Å². The van der Waals surface area contributed by atoms with Crippen LogP contribution in [0.2, 0.25) is 0 Å². The topological polar surface area (TPSA) is 64.9 Å². The van der Waals surface area contributed by atoms with Crippen LogP contribution in [-0.4, -0.2) is 42.2 Å². The van der Waals surface area contributed by atoms with Crippen molar-refractivity contribution in [1.82, 2.24) is 14.7 Å². The number of hydrogen-bond acceptors (Lipinski definition) is 4. The van der Waals surface area contributed by atoms with Gasteiger partial charge in [-0.25, -0.2) is 4.98 Å². The predicted octanol–water partition coefficient (Wildman–Crippen LogP) is 2.82. The number of hydrogen-bond donors (Lipinski definition) is 1. The highest BCUT2D eigenvalue weighted by atomic mass is 16.5. The number of carbonyl (C=O) groups is 1. The summed E-state index contributed by atoms with van der Waals surface area (Å²) in [7, 11) is 1.66. The molecule has 0 spiro atoms. The number of pyridine rings is 1. The van der Waals surface area contributed by atoms with Crippen molar-refractivity contribution in [3.05, 3.63) is 66.1 Å². The van der Waals surface area contributed by atoms with Crippen molar-refractivity contribution in [2.75, 3.05) is 26.9 Å². The third kappa shape index (κ3) is 3.53. The van der Waals surface area contributed by atoms with Crippen LogP contribution < -0.4 is 10.1 Å². The quantitative estimate of drug-likeness (QED) is 0.755. The van der Waals surface area contributed by atoms with Gasteiger partial charge in [0.15, 0.2) is 0 Å². The van der Waals surface area contributed by atoms with E-state index in [1.807, 2.05) is 40.9 Å². The molecule has 0 unspecified atom stereocenters. The van der Waals surface area contributed by atoms with E-state index in [0.717, 1.165) is 24.2 Å². The van der Waals surface area contributed by atoms with Gasteiger partial charge in [-0.3, -0.25) is 4.79 Å². The zero-order chi connectivity index (χ0) is 18.7. The molecule has 0 bridgehead atoms. The van der Waals surface area contributed by atoms with E-state index in [4.69, 9.17) is 9.47 Å². The van der Waals surface area contributed by atoms with Gasteiger partial charge in [0.25, 0.3) is 5.91 Å². The Kier molecular flexibility index (Phi) is 4.81. The average Bonchev–Trinajstić information content (AvgIpc) is 3.17. The Balaban J connectivity index is 1.53. The molecule has 1 aromatic carbocycles. The van der Waals surface area contributed by atoms with Crippen molar-refractivity contribution in [2.24, 2.45) is 0 Å². The number of methoxy groups -OCH3 is 1. The van der Waals surface area contributed by atoms with E-state index >= 15 is 0 Å². The van der Waals surface area contributed by atoms with Gasteiger partial charge < -0.3 is 19.2 Å². The Bertz CT molecular complexity index is 894. The molecule has 1 fully saturated rings. The molecule has 1 amide bonds. The fraction of sp³-hybridized carbons (Fsp3) is 0.333. The van der Waals surface area contributed by atoms with Gasteiger partial charge >= 0.3 is 0 Å². The molecule has 27 heavy (non-hydrogen) atoms. The van der Waals surface area contributed by atoms with Crippen molar-refractivity contribution in [2.45, 2.75) is 18.3 Å². The molecule has 0 radical (unpaired) electrons. The lowest BCUT2D eigenvalue weighted by Gasteiger charge is -2.38. The summed E-state index contributed by atoms with van der Waals surface area (Å²) < 4.78 is 12.7. The minimum atomic E-state index is -0.155. The number of rotatable bonds is 5. The molecule has 0 aliphatic carbocycles. The first-order chi connectivity index (χ1) is 13.2. The molecule has 1 saturated heterocycles. The van der Waals surface area contributed by atoms with E-state index in [9.17, 15) is 4.79 Å². The molecule has 2 aromatic heterocycles. The summed E-state index contributed by atoms with van der Waals surface area (Å²) in [5.74, 6) is 0.674. The smallest absolute Gasteiger partial charge is 0.271 e. The molecule has 6 nitrogen and oxygen atoms in total. The van der Waals surface area contributed by atoms with E-state index in [-0.39, 0.29) is 11.3 Å². The first-order valence-electron chi connectivity index (χ1n) is 9.14. The maximum Gasteiger partial charge on any atom is 0.271 e. The number of benzene rings is 1. The number of nitrogens with zero attached hydrogens (tertiary/aromatic N) is 2. The van der Waals surface area contributed by atoms with Crippen LogP contribution in [0.5, 0.6) is 5.75 Å². The minimum Gasteiger partial charge on any atom is -0.497 e. The maximum absolute atomic E-state index is 12.7. The fourth-order valence-corrected chi connectivity index (χ4v) is 3.66. The first-order valence-corrected chi connectivity index (χ1v) is 9.14. The molecule has 3 aromatic rings. The second-order valence-corrected chi connectivity index (χ2v) is 6.90. The number of imidazole rings is 1. The van der Waals surface area contributed by atoms with Gasteiger partial charge in [-0.15, -0.1) is 0 Å². The van der Waals surface area contributed by atoms with Crippen LogP contribution in [0.15, 0.2) is 54.9 Å². The molecular formula is C21H23N3O3. The monoisotopic (exact) mass is 365 g/mol. The Morgan fingerprint density at radius 2 is 2.00 bits per heavy atom. The van der Waals surface area contributed by atoms with E-state index in [2.05, 4.69) is 22.4 Å². The normalized spacial score (nSPS) is 16.2. The highest BCUT2D eigenvalue weighted by Crippen LogP contribution is 2.35. The van der Waals surface area contributed by atoms with E-state index in [1.54, 1.807) is 13.3 Å². The highest BCUT2D eigenvalue weighted by molar-refractivity contribution is 5.92. The predicted molar refractivity (Wildman–Crippen MR) is 102 cm³/mol. The second-order valence-electron chi connectivity index (χ2n) is 6.90. The Morgan fingerprint density at radius 3 is 2.70 bits per heavy atom. The zero-order valence-corrected chi connectivity index (χ0v) is 15.4. The summed E-state index contributed by atoms with van der Waals surface area (Å²) in [6.45, 7) is 1.93. The Labute approximate surface area is 158 Å². The highest BCUT2D eigenvalue weighted by Gasteiger charge is 2.35. The largest absolute Gasteiger partial charge is 0.497 e. The lowest BCUT2D eigenvalue weighted by Crippen LogP contribution is -2.44. The van der Waals surface area contributed by atoms with E-state index in [0.29, 0.717) is 25.5 Å². The lowest BCUT2D eigenvalue weighted by atomic mass is 9.74. The summed E-state index contributed by atoms with van der Waals surface area (Å²) in [5.41, 5.74) is 2.25. The lowest BCUT2D eigenvalue weighted by molar-refractivity contribution is 0.0486. The Morgan fingerprint density at radius 1 is 1.22 bits per heavy atom. The number of aromatic nitrogens is 2. The van der Waals surface area contributed by atoms with Gasteiger partial charge in [-0.05, 0) is 42.7 Å². The number of ether oxygens (including phenoxy) is 2. The van der Waals surface area contributed by atoms with Crippen molar-refractivity contribution in [1.29, 1.82) is 0 Å². The van der Waals surface area contributed by atoms with Crippen molar-refractivity contribution in [3.63, 3.8) is 0 Å². The summed E-state index contributed by atoms with van der Waals surface area (Å²) in [5, 5.41) is 3.10. The molecule has 4 rings (SSSR count). The van der Waals surface area contributed by atoms with Crippen LogP contribution in [0, 0.1) is 0 Å². The van der Waals surface area contributed by atoms with Crippen LogP contribution in [0.4, 0.5) is 0 Å². The van der Waals surface area contributed by atoms with Gasteiger partial charge in [-0.2, -0.15) is 0 Å². The fourth-order valence-electron chi connectivity index (χ4n) is 3.66. The van der Waals surface area contributed by atoms with Crippen molar-refractivity contribution in [3.8, 4) is 5.75 Å². The van der Waals surface area contributed by atoms with Gasteiger partial charge in [-0.1, -0.05) is 18.2 Å². The second kappa shape index (κ2) is 7.40. The van der Waals surface area contributed by atoms with Crippen LogP contribution in [-0.2, 0) is 10.2 Å². The van der Waals surface area contributed by atoms with Crippen molar-refractivity contribution < 1.29 is 14.3 Å². The molecular weight excluding hydrogens is 342 g/mol. The molecule has 1 N–H and O–H groups in total. The Hall–Kier alpha value is -2.86. The number of carbonyl (C=O) groups excluding carboxylic acids is 1. The van der Waals surface area contributed by atoms with Crippen LogP contribution in [0.25, 0.3) is 5.65 Å². The van der Waals surface area contributed by atoms with E-state index < -0.39 is 0 Å². The number of fused-ring (bicyclic) bond motifs is 1. The summed E-state index contributed by atoms with van der Waals surface area (Å²) >= 11 is 0. The summed E-state index contributed by atoms with van der Waals surface area (Å²) in [4.78, 5) is 17.1. The summed E-state index contributed by atoms with van der Waals surface area (Å²) in [6, 6.07) is 13.8. The van der Waals surface area contributed by atoms with Crippen LogP contribution in [0.3, 0.4) is 0 Å². The van der Waals surface area contributed by atoms with Gasteiger partial charge in [0.05, 0.1) is 7.11 Å². The molecule has 3 heterocycles.